The minimum absolute atomic E-state index is 0.0816. The first-order valence-corrected chi connectivity index (χ1v) is 6.80. The molecule has 0 unspecified atom stereocenters. The lowest BCUT2D eigenvalue weighted by molar-refractivity contribution is -0.383. The second-order valence-corrected chi connectivity index (χ2v) is 4.94. The molecule has 2 aromatic rings. The molecule has 0 aliphatic carbocycles. The average Bonchev–Trinajstić information content (AvgIpc) is 2.94. The van der Waals surface area contributed by atoms with Crippen molar-refractivity contribution in [1.82, 2.24) is 10.2 Å². The molecule has 104 valence electrons. The van der Waals surface area contributed by atoms with Crippen LogP contribution in [0.3, 0.4) is 0 Å². The van der Waals surface area contributed by atoms with Crippen LogP contribution in [0, 0.1) is 10.1 Å². The van der Waals surface area contributed by atoms with Crippen LogP contribution in [-0.2, 0) is 0 Å². The van der Waals surface area contributed by atoms with Gasteiger partial charge in [0.15, 0.2) is 0 Å². The number of nitrogens with one attached hydrogen (secondary N) is 1. The summed E-state index contributed by atoms with van der Waals surface area (Å²) in [5.74, 6) is 0.466. The smallest absolute Gasteiger partial charge is 0.338 e. The van der Waals surface area contributed by atoms with E-state index in [9.17, 15) is 10.1 Å². The molecule has 6 heteroatoms. The van der Waals surface area contributed by atoms with Gasteiger partial charge >= 0.3 is 5.69 Å². The van der Waals surface area contributed by atoms with Crippen LogP contribution in [0.2, 0.25) is 0 Å². The third kappa shape index (κ3) is 2.24. The number of rotatable bonds is 3. The fourth-order valence-electron chi connectivity index (χ4n) is 2.63. The predicted molar refractivity (Wildman–Crippen MR) is 76.7 cm³/mol. The summed E-state index contributed by atoms with van der Waals surface area (Å²) in [6.45, 7) is 1.67. The normalized spacial score (nSPS) is 15.3. The molecular formula is C14H16N4O2. The van der Waals surface area contributed by atoms with E-state index < -0.39 is 0 Å². The van der Waals surface area contributed by atoms with Gasteiger partial charge in [-0.25, -0.2) is 0 Å². The van der Waals surface area contributed by atoms with Gasteiger partial charge in [0.25, 0.3) is 0 Å². The first kappa shape index (κ1) is 12.7. The predicted octanol–water partition coefficient (Wildman–Crippen LogP) is 2.98. The van der Waals surface area contributed by atoms with Gasteiger partial charge in [0, 0.05) is 18.7 Å². The molecule has 0 radical (unpaired) electrons. The quantitative estimate of drug-likeness (QED) is 0.688. The van der Waals surface area contributed by atoms with E-state index in [1.807, 2.05) is 35.2 Å². The summed E-state index contributed by atoms with van der Waals surface area (Å²) in [6, 6.07) is 9.30. The van der Waals surface area contributed by atoms with E-state index in [4.69, 9.17) is 0 Å². The topological polar surface area (TPSA) is 75.1 Å². The van der Waals surface area contributed by atoms with Crippen LogP contribution in [-0.4, -0.2) is 28.2 Å². The molecule has 3 rings (SSSR count). The summed E-state index contributed by atoms with van der Waals surface area (Å²) in [7, 11) is 0. The number of H-pyrrole nitrogens is 1. The van der Waals surface area contributed by atoms with Gasteiger partial charge in [-0.05, 0) is 19.3 Å². The van der Waals surface area contributed by atoms with Crippen LogP contribution >= 0.6 is 0 Å². The Hall–Kier alpha value is -2.37. The van der Waals surface area contributed by atoms with Crippen LogP contribution in [0.5, 0.6) is 0 Å². The minimum atomic E-state index is -0.338. The first-order chi connectivity index (χ1) is 9.77. The number of nitro groups is 1. The van der Waals surface area contributed by atoms with E-state index in [0.29, 0.717) is 11.5 Å². The molecule has 1 aromatic carbocycles. The zero-order valence-electron chi connectivity index (χ0n) is 11.1. The molecule has 1 aliphatic heterocycles. The fourth-order valence-corrected chi connectivity index (χ4v) is 2.63. The molecule has 1 aromatic heterocycles. The summed E-state index contributed by atoms with van der Waals surface area (Å²) in [5.41, 5.74) is 1.35. The minimum Gasteiger partial charge on any atom is -0.349 e. The molecule has 0 spiro atoms. The molecule has 0 bridgehead atoms. The van der Waals surface area contributed by atoms with Crippen molar-refractivity contribution in [1.29, 1.82) is 0 Å². The summed E-state index contributed by atoms with van der Waals surface area (Å²) >= 11 is 0. The number of anilines is 1. The largest absolute Gasteiger partial charge is 0.349 e. The van der Waals surface area contributed by atoms with Gasteiger partial charge in [0.05, 0.1) is 4.92 Å². The van der Waals surface area contributed by atoms with Gasteiger partial charge < -0.3 is 4.90 Å². The summed E-state index contributed by atoms with van der Waals surface area (Å²) < 4.78 is 0. The van der Waals surface area contributed by atoms with E-state index in [-0.39, 0.29) is 10.6 Å². The Morgan fingerprint density at radius 3 is 2.50 bits per heavy atom. The zero-order chi connectivity index (χ0) is 13.9. The van der Waals surface area contributed by atoms with Gasteiger partial charge in [-0.2, -0.15) is 0 Å². The van der Waals surface area contributed by atoms with Gasteiger partial charge in [0.2, 0.25) is 5.82 Å². The lowest BCUT2D eigenvalue weighted by Gasteiger charge is -2.25. The van der Waals surface area contributed by atoms with Crippen LogP contribution in [0.25, 0.3) is 11.3 Å². The summed E-state index contributed by atoms with van der Waals surface area (Å²) in [5, 5.41) is 18.5. The number of hydrogen-bond acceptors (Lipinski definition) is 4. The molecule has 6 nitrogen and oxygen atoms in total. The van der Waals surface area contributed by atoms with E-state index in [2.05, 4.69) is 10.2 Å². The molecule has 20 heavy (non-hydrogen) atoms. The molecule has 1 saturated heterocycles. The van der Waals surface area contributed by atoms with Crippen molar-refractivity contribution in [3.63, 3.8) is 0 Å². The Morgan fingerprint density at radius 2 is 1.85 bits per heavy atom. The van der Waals surface area contributed by atoms with E-state index in [0.717, 1.165) is 31.5 Å². The van der Waals surface area contributed by atoms with Gasteiger partial charge in [-0.3, -0.25) is 15.2 Å². The standard InChI is InChI=1S/C14H16N4O2/c19-18(20)13-12(11-7-3-1-4-8-11)15-16-14(13)17-9-5-2-6-10-17/h1,3-4,7-8H,2,5-6,9-10H2,(H,15,16). The third-order valence-corrected chi connectivity index (χ3v) is 3.62. The van der Waals surface area contributed by atoms with Crippen molar-refractivity contribution in [2.24, 2.45) is 0 Å². The zero-order valence-corrected chi connectivity index (χ0v) is 11.1. The lowest BCUT2D eigenvalue weighted by atomic mass is 10.1. The number of benzene rings is 1. The monoisotopic (exact) mass is 272 g/mol. The van der Waals surface area contributed by atoms with Crippen LogP contribution in [0.1, 0.15) is 19.3 Å². The Bertz CT molecular complexity index is 603. The molecule has 1 aliphatic rings. The molecule has 0 amide bonds. The van der Waals surface area contributed by atoms with E-state index in [1.54, 1.807) is 0 Å². The van der Waals surface area contributed by atoms with Crippen molar-refractivity contribution in [2.45, 2.75) is 19.3 Å². The number of nitrogens with zero attached hydrogens (tertiary/aromatic N) is 3. The van der Waals surface area contributed by atoms with E-state index >= 15 is 0 Å². The summed E-state index contributed by atoms with van der Waals surface area (Å²) in [6.07, 6.45) is 3.30. The molecule has 2 heterocycles. The second kappa shape index (κ2) is 5.32. The Balaban J connectivity index is 2.04. The molecule has 0 saturated carbocycles. The fraction of sp³-hybridized carbons (Fsp3) is 0.357. The van der Waals surface area contributed by atoms with Gasteiger partial charge in [-0.15, -0.1) is 5.10 Å². The second-order valence-electron chi connectivity index (χ2n) is 4.94. The number of piperidine rings is 1. The third-order valence-electron chi connectivity index (χ3n) is 3.62. The Morgan fingerprint density at radius 1 is 1.15 bits per heavy atom. The summed E-state index contributed by atoms with van der Waals surface area (Å²) in [4.78, 5) is 13.1. The molecule has 0 atom stereocenters. The highest BCUT2D eigenvalue weighted by Crippen LogP contribution is 2.36. The van der Waals surface area contributed by atoms with Crippen molar-refractivity contribution in [2.75, 3.05) is 18.0 Å². The SMILES string of the molecule is O=[N+]([O-])c1c(N2CCCCC2)n[nH]c1-c1ccccc1. The highest BCUT2D eigenvalue weighted by Gasteiger charge is 2.29. The Labute approximate surface area is 116 Å². The number of aromatic amines is 1. The maximum atomic E-state index is 11.4. The van der Waals surface area contributed by atoms with Crippen molar-refractivity contribution < 1.29 is 4.92 Å². The maximum absolute atomic E-state index is 11.4. The van der Waals surface area contributed by atoms with Crippen LogP contribution in [0.15, 0.2) is 30.3 Å². The first-order valence-electron chi connectivity index (χ1n) is 6.80. The molecule has 1 N–H and O–H groups in total. The van der Waals surface area contributed by atoms with E-state index in [1.165, 1.54) is 6.42 Å². The van der Waals surface area contributed by atoms with Crippen LogP contribution in [0.4, 0.5) is 11.5 Å². The lowest BCUT2D eigenvalue weighted by Crippen LogP contribution is -2.30. The molecule has 1 fully saturated rings. The van der Waals surface area contributed by atoms with Crippen molar-refractivity contribution >= 4 is 11.5 Å². The maximum Gasteiger partial charge on any atom is 0.338 e. The van der Waals surface area contributed by atoms with Crippen LogP contribution < -0.4 is 4.90 Å². The van der Waals surface area contributed by atoms with Crippen molar-refractivity contribution in [3.05, 3.63) is 40.4 Å². The number of aromatic nitrogens is 2. The molecular weight excluding hydrogens is 256 g/mol. The van der Waals surface area contributed by atoms with Crippen molar-refractivity contribution in [3.8, 4) is 11.3 Å². The van der Waals surface area contributed by atoms with Gasteiger partial charge in [0.1, 0.15) is 5.69 Å². The highest BCUT2D eigenvalue weighted by atomic mass is 16.6. The average molecular weight is 272 g/mol. The van der Waals surface area contributed by atoms with Gasteiger partial charge in [-0.1, -0.05) is 30.3 Å². The highest BCUT2D eigenvalue weighted by molar-refractivity contribution is 5.78. The number of hydrogen-bond donors (Lipinski definition) is 1. The Kier molecular flexibility index (Phi) is 3.37.